The first-order valence-electron chi connectivity index (χ1n) is 7.93. The van der Waals surface area contributed by atoms with Gasteiger partial charge in [-0.25, -0.2) is 0 Å². The minimum absolute atomic E-state index is 0.625. The van der Waals surface area contributed by atoms with E-state index < -0.39 is 0 Å². The molecule has 1 aliphatic carbocycles. The Morgan fingerprint density at radius 2 is 2.19 bits per heavy atom. The number of anilines is 1. The zero-order chi connectivity index (χ0) is 14.5. The summed E-state index contributed by atoms with van der Waals surface area (Å²) >= 11 is 1.79. The molecule has 2 nitrogen and oxygen atoms in total. The summed E-state index contributed by atoms with van der Waals surface area (Å²) in [6.45, 7) is 1.13. The lowest BCUT2D eigenvalue weighted by Crippen LogP contribution is -2.35. The van der Waals surface area contributed by atoms with Crippen molar-refractivity contribution in [2.24, 2.45) is 0 Å². The summed E-state index contributed by atoms with van der Waals surface area (Å²) in [6.07, 6.45) is 7.22. The van der Waals surface area contributed by atoms with Crippen molar-refractivity contribution in [3.05, 3.63) is 51.7 Å². The van der Waals surface area contributed by atoms with Gasteiger partial charge in [0.25, 0.3) is 0 Å². The Morgan fingerprint density at radius 3 is 3.05 bits per heavy atom. The van der Waals surface area contributed by atoms with Gasteiger partial charge in [0.15, 0.2) is 0 Å². The molecule has 0 spiro atoms. The van der Waals surface area contributed by atoms with Gasteiger partial charge in [0.1, 0.15) is 0 Å². The molecule has 21 heavy (non-hydrogen) atoms. The number of thiophene rings is 1. The average Bonchev–Trinajstić information content (AvgIpc) is 3.00. The highest BCUT2D eigenvalue weighted by atomic mass is 32.1. The molecule has 1 aromatic heterocycles. The van der Waals surface area contributed by atoms with Gasteiger partial charge >= 0.3 is 0 Å². The van der Waals surface area contributed by atoms with Crippen molar-refractivity contribution in [2.75, 3.05) is 12.3 Å². The zero-order valence-corrected chi connectivity index (χ0v) is 13.3. The second-order valence-electron chi connectivity index (χ2n) is 5.97. The summed E-state index contributed by atoms with van der Waals surface area (Å²) in [6, 6.07) is 9.20. The third-order valence-corrected chi connectivity index (χ3v) is 5.16. The van der Waals surface area contributed by atoms with E-state index in [1.54, 1.807) is 11.3 Å². The monoisotopic (exact) mass is 300 g/mol. The van der Waals surface area contributed by atoms with Crippen LogP contribution in [0.4, 0.5) is 5.69 Å². The standard InChI is InChI=1S/C18H24N2S/c19-18-6-3-5-15-12-16(7-8-17(15)18)20-10-2-1-4-14-9-11-21-13-14/h3,5-6,9,11,13,16,20H,1-2,4,7-8,10,12,19H2. The maximum atomic E-state index is 6.05. The summed E-state index contributed by atoms with van der Waals surface area (Å²) in [4.78, 5) is 0. The summed E-state index contributed by atoms with van der Waals surface area (Å²) in [5.74, 6) is 0. The van der Waals surface area contributed by atoms with Crippen LogP contribution in [0.2, 0.25) is 0 Å². The molecular formula is C18H24N2S. The molecule has 1 aliphatic rings. The molecule has 0 aliphatic heterocycles. The number of fused-ring (bicyclic) bond motifs is 1. The van der Waals surface area contributed by atoms with E-state index >= 15 is 0 Å². The van der Waals surface area contributed by atoms with Crippen molar-refractivity contribution >= 4 is 17.0 Å². The largest absolute Gasteiger partial charge is 0.398 e. The Bertz CT molecular complexity index is 563. The number of hydrogen-bond donors (Lipinski definition) is 2. The number of nitrogen functional groups attached to an aromatic ring is 1. The molecule has 3 heteroatoms. The lowest BCUT2D eigenvalue weighted by atomic mass is 9.87. The molecule has 3 rings (SSSR count). The Morgan fingerprint density at radius 1 is 1.24 bits per heavy atom. The normalized spacial score (nSPS) is 17.6. The highest BCUT2D eigenvalue weighted by molar-refractivity contribution is 7.07. The third-order valence-electron chi connectivity index (χ3n) is 4.42. The Balaban J connectivity index is 1.39. The maximum absolute atomic E-state index is 6.05. The van der Waals surface area contributed by atoms with Crippen molar-refractivity contribution in [1.82, 2.24) is 5.32 Å². The predicted octanol–water partition coefficient (Wildman–Crippen LogP) is 3.80. The predicted molar refractivity (Wildman–Crippen MR) is 91.9 cm³/mol. The number of nitrogens with two attached hydrogens (primary N) is 1. The Hall–Kier alpha value is -1.32. The highest BCUT2D eigenvalue weighted by Gasteiger charge is 2.19. The van der Waals surface area contributed by atoms with E-state index in [0.29, 0.717) is 6.04 Å². The van der Waals surface area contributed by atoms with Crippen LogP contribution in [0.25, 0.3) is 0 Å². The molecule has 3 N–H and O–H groups in total. The fourth-order valence-electron chi connectivity index (χ4n) is 3.21. The van der Waals surface area contributed by atoms with E-state index in [0.717, 1.165) is 25.1 Å². The first-order valence-corrected chi connectivity index (χ1v) is 8.88. The van der Waals surface area contributed by atoms with E-state index in [2.05, 4.69) is 34.3 Å². The molecule has 1 aromatic carbocycles. The van der Waals surface area contributed by atoms with Gasteiger partial charge < -0.3 is 11.1 Å². The van der Waals surface area contributed by atoms with Crippen LogP contribution in [0.1, 0.15) is 36.0 Å². The second-order valence-corrected chi connectivity index (χ2v) is 6.75. The first-order chi connectivity index (χ1) is 10.3. The van der Waals surface area contributed by atoms with Gasteiger partial charge in [-0.2, -0.15) is 11.3 Å². The molecule has 1 heterocycles. The molecule has 2 aromatic rings. The van der Waals surface area contributed by atoms with Crippen LogP contribution in [0.3, 0.4) is 0 Å². The van der Waals surface area contributed by atoms with E-state index in [1.165, 1.54) is 42.4 Å². The zero-order valence-electron chi connectivity index (χ0n) is 12.5. The number of unbranched alkanes of at least 4 members (excludes halogenated alkanes) is 1. The third kappa shape index (κ3) is 3.86. The molecule has 112 valence electrons. The number of rotatable bonds is 6. The first kappa shape index (κ1) is 14.6. The molecule has 0 bridgehead atoms. The van der Waals surface area contributed by atoms with Gasteiger partial charge in [-0.15, -0.1) is 0 Å². The fraction of sp³-hybridized carbons (Fsp3) is 0.444. The summed E-state index contributed by atoms with van der Waals surface area (Å²) in [5, 5.41) is 8.15. The summed E-state index contributed by atoms with van der Waals surface area (Å²) in [7, 11) is 0. The van der Waals surface area contributed by atoms with Crippen LogP contribution in [-0.2, 0) is 19.3 Å². The van der Waals surface area contributed by atoms with Crippen LogP contribution < -0.4 is 11.1 Å². The average molecular weight is 300 g/mol. The van der Waals surface area contributed by atoms with E-state index in [9.17, 15) is 0 Å². The highest BCUT2D eigenvalue weighted by Crippen LogP contribution is 2.26. The Kier molecular flexibility index (Phi) is 4.94. The number of benzene rings is 1. The maximum Gasteiger partial charge on any atom is 0.0349 e. The van der Waals surface area contributed by atoms with Crippen LogP contribution in [0.15, 0.2) is 35.0 Å². The van der Waals surface area contributed by atoms with Crippen molar-refractivity contribution < 1.29 is 0 Å². The minimum Gasteiger partial charge on any atom is -0.398 e. The SMILES string of the molecule is Nc1cccc2c1CCC(NCCCCc1ccsc1)C2. The van der Waals surface area contributed by atoms with Gasteiger partial charge in [0.2, 0.25) is 0 Å². The molecule has 1 unspecified atom stereocenters. The molecule has 0 radical (unpaired) electrons. The van der Waals surface area contributed by atoms with Gasteiger partial charge in [-0.1, -0.05) is 12.1 Å². The number of nitrogens with one attached hydrogen (secondary N) is 1. The van der Waals surface area contributed by atoms with Crippen molar-refractivity contribution in [3.8, 4) is 0 Å². The Labute approximate surface area is 131 Å². The second kappa shape index (κ2) is 7.10. The number of aryl methyl sites for hydroxylation is 1. The molecule has 0 saturated carbocycles. The quantitative estimate of drug-likeness (QED) is 0.629. The smallest absolute Gasteiger partial charge is 0.0349 e. The van der Waals surface area contributed by atoms with Gasteiger partial charge in [0, 0.05) is 11.7 Å². The van der Waals surface area contributed by atoms with E-state index in [4.69, 9.17) is 5.73 Å². The fourth-order valence-corrected chi connectivity index (χ4v) is 3.91. The number of hydrogen-bond acceptors (Lipinski definition) is 3. The molecular weight excluding hydrogens is 276 g/mol. The molecule has 1 atom stereocenters. The summed E-state index contributed by atoms with van der Waals surface area (Å²) < 4.78 is 0. The van der Waals surface area contributed by atoms with Crippen LogP contribution in [0, 0.1) is 0 Å². The molecule has 0 amide bonds. The lowest BCUT2D eigenvalue weighted by molar-refractivity contribution is 0.451. The van der Waals surface area contributed by atoms with Crippen LogP contribution in [0.5, 0.6) is 0 Å². The van der Waals surface area contributed by atoms with Crippen LogP contribution in [-0.4, -0.2) is 12.6 Å². The lowest BCUT2D eigenvalue weighted by Gasteiger charge is -2.26. The van der Waals surface area contributed by atoms with Crippen LogP contribution >= 0.6 is 11.3 Å². The molecule has 0 saturated heterocycles. The van der Waals surface area contributed by atoms with Gasteiger partial charge in [0.05, 0.1) is 0 Å². The summed E-state index contributed by atoms with van der Waals surface area (Å²) in [5.41, 5.74) is 11.3. The molecule has 0 fully saturated rings. The minimum atomic E-state index is 0.625. The van der Waals surface area contributed by atoms with E-state index in [1.807, 2.05) is 6.07 Å². The topological polar surface area (TPSA) is 38.0 Å². The van der Waals surface area contributed by atoms with Crippen molar-refractivity contribution in [1.29, 1.82) is 0 Å². The van der Waals surface area contributed by atoms with Crippen molar-refractivity contribution in [2.45, 2.75) is 44.6 Å². The van der Waals surface area contributed by atoms with Crippen molar-refractivity contribution in [3.63, 3.8) is 0 Å². The van der Waals surface area contributed by atoms with E-state index in [-0.39, 0.29) is 0 Å². The van der Waals surface area contributed by atoms with Gasteiger partial charge in [-0.3, -0.25) is 0 Å². The van der Waals surface area contributed by atoms with Gasteiger partial charge in [-0.05, 0) is 84.7 Å².